The number of unbranched alkanes of at least 4 members (excludes halogenated alkanes) is 2. The van der Waals surface area contributed by atoms with Gasteiger partial charge >= 0.3 is 5.97 Å². The Morgan fingerprint density at radius 3 is 2.59 bits per heavy atom. The highest BCUT2D eigenvalue weighted by Crippen LogP contribution is 2.47. The number of benzene rings is 1. The summed E-state index contributed by atoms with van der Waals surface area (Å²) in [5, 5.41) is 8.74. The first kappa shape index (κ1) is 25.1. The average molecular weight is 457 g/mol. The normalized spacial score (nSPS) is 25.1. The largest absolute Gasteiger partial charge is 0.481 e. The van der Waals surface area contributed by atoms with Crippen LogP contribution in [0.4, 0.5) is 0 Å². The molecule has 0 amide bonds. The summed E-state index contributed by atoms with van der Waals surface area (Å²) in [4.78, 5) is 10.6. The van der Waals surface area contributed by atoms with Crippen LogP contribution < -0.4 is 0 Å². The van der Waals surface area contributed by atoms with Crippen molar-refractivity contribution in [3.05, 3.63) is 54.1 Å². The molecule has 3 nitrogen and oxygen atoms in total. The summed E-state index contributed by atoms with van der Waals surface area (Å²) in [5.41, 5.74) is 2.83. The van der Waals surface area contributed by atoms with Crippen molar-refractivity contribution in [1.82, 2.24) is 0 Å². The van der Waals surface area contributed by atoms with Gasteiger partial charge in [-0.25, -0.2) is 0 Å². The van der Waals surface area contributed by atoms with E-state index in [9.17, 15) is 4.79 Å². The van der Waals surface area contributed by atoms with Crippen LogP contribution in [-0.4, -0.2) is 34.8 Å². The zero-order chi connectivity index (χ0) is 22.6. The Morgan fingerprint density at radius 1 is 1.06 bits per heavy atom. The molecule has 4 heteroatoms. The van der Waals surface area contributed by atoms with E-state index in [0.29, 0.717) is 24.0 Å². The summed E-state index contributed by atoms with van der Waals surface area (Å²) in [7, 11) is 0. The van der Waals surface area contributed by atoms with Gasteiger partial charge in [-0.15, -0.1) is 0 Å². The summed E-state index contributed by atoms with van der Waals surface area (Å²) in [6, 6.07) is 10.7. The smallest absolute Gasteiger partial charge is 0.303 e. The first-order valence-corrected chi connectivity index (χ1v) is 13.7. The SMILES string of the molecule is CCC(=CCCCSCC[C@H]1[C@@H](CC=CCCCC(=O)O)[C@H]2CC[C@@H]1O2)c1ccccc1. The summed E-state index contributed by atoms with van der Waals surface area (Å²) >= 11 is 2.10. The molecule has 32 heavy (non-hydrogen) atoms. The van der Waals surface area contributed by atoms with Crippen molar-refractivity contribution in [2.75, 3.05) is 11.5 Å². The van der Waals surface area contributed by atoms with Gasteiger partial charge < -0.3 is 9.84 Å². The molecule has 0 radical (unpaired) electrons. The van der Waals surface area contributed by atoms with Crippen LogP contribution in [0.15, 0.2) is 48.6 Å². The molecule has 0 aromatic heterocycles. The lowest BCUT2D eigenvalue weighted by atomic mass is 9.76. The van der Waals surface area contributed by atoms with Gasteiger partial charge in [0.15, 0.2) is 0 Å². The van der Waals surface area contributed by atoms with Crippen molar-refractivity contribution in [2.45, 2.75) is 83.3 Å². The van der Waals surface area contributed by atoms with Crippen molar-refractivity contribution >= 4 is 23.3 Å². The second-order valence-electron chi connectivity index (χ2n) is 9.10. The van der Waals surface area contributed by atoms with Crippen molar-refractivity contribution in [1.29, 1.82) is 0 Å². The van der Waals surface area contributed by atoms with E-state index in [4.69, 9.17) is 9.84 Å². The molecule has 1 aromatic carbocycles. The molecular weight excluding hydrogens is 416 g/mol. The first-order valence-electron chi connectivity index (χ1n) is 12.5. The van der Waals surface area contributed by atoms with Crippen molar-refractivity contribution < 1.29 is 14.6 Å². The molecule has 2 bridgehead atoms. The predicted octanol–water partition coefficient (Wildman–Crippen LogP) is 7.38. The zero-order valence-corrected chi connectivity index (χ0v) is 20.4. The van der Waals surface area contributed by atoms with E-state index >= 15 is 0 Å². The number of carboxylic acid groups (broad SMARTS) is 1. The molecule has 176 valence electrons. The number of thioether (sulfide) groups is 1. The Labute approximate surface area is 198 Å². The van der Waals surface area contributed by atoms with Crippen molar-refractivity contribution in [3.8, 4) is 0 Å². The van der Waals surface area contributed by atoms with E-state index < -0.39 is 5.97 Å². The number of rotatable bonds is 15. The highest BCUT2D eigenvalue weighted by Gasteiger charge is 2.47. The molecule has 0 aliphatic carbocycles. The van der Waals surface area contributed by atoms with Gasteiger partial charge in [-0.1, -0.05) is 55.5 Å². The number of fused-ring (bicyclic) bond motifs is 2. The van der Waals surface area contributed by atoms with Crippen LogP contribution in [-0.2, 0) is 9.53 Å². The van der Waals surface area contributed by atoms with E-state index in [1.165, 1.54) is 48.3 Å². The van der Waals surface area contributed by atoms with Crippen LogP contribution in [0.5, 0.6) is 0 Å². The Kier molecular flexibility index (Phi) is 10.9. The average Bonchev–Trinajstić information content (AvgIpc) is 3.40. The number of carbonyl (C=O) groups is 1. The van der Waals surface area contributed by atoms with E-state index in [2.05, 4.69) is 67.2 Å². The fourth-order valence-electron chi connectivity index (χ4n) is 5.24. The molecule has 0 saturated carbocycles. The molecular formula is C28H40O3S. The molecule has 4 atom stereocenters. The minimum atomic E-state index is -0.699. The van der Waals surface area contributed by atoms with E-state index in [-0.39, 0.29) is 6.42 Å². The summed E-state index contributed by atoms with van der Waals surface area (Å²) in [6.07, 6.45) is 18.0. The quantitative estimate of drug-likeness (QED) is 0.221. The second-order valence-corrected chi connectivity index (χ2v) is 10.3. The lowest BCUT2D eigenvalue weighted by molar-refractivity contribution is -0.137. The number of hydrogen-bond donors (Lipinski definition) is 1. The standard InChI is InChI=1S/C28H40O3S/c1-2-22(23-13-6-5-7-14-23)12-10-11-20-32-21-19-25-24(26-17-18-27(25)31-26)15-8-3-4-9-16-28(29)30/h3,5-8,12-14,24-27H,2,4,9-11,15-21H2,1H3,(H,29,30)/t24-,25+,26-,27+/m1/s1. The maximum absolute atomic E-state index is 10.6. The van der Waals surface area contributed by atoms with E-state index in [1.54, 1.807) is 0 Å². The highest BCUT2D eigenvalue weighted by atomic mass is 32.2. The monoisotopic (exact) mass is 456 g/mol. The molecule has 2 heterocycles. The van der Waals surface area contributed by atoms with Crippen LogP contribution in [0.25, 0.3) is 5.57 Å². The molecule has 2 saturated heterocycles. The summed E-state index contributed by atoms with van der Waals surface area (Å²) in [6.45, 7) is 2.24. The third-order valence-electron chi connectivity index (χ3n) is 6.93. The minimum Gasteiger partial charge on any atom is -0.481 e. The third kappa shape index (κ3) is 7.81. The number of allylic oxidation sites excluding steroid dienone is 4. The van der Waals surface area contributed by atoms with Gasteiger partial charge in [-0.3, -0.25) is 4.79 Å². The Morgan fingerprint density at radius 2 is 1.84 bits per heavy atom. The topological polar surface area (TPSA) is 46.5 Å². The van der Waals surface area contributed by atoms with Gasteiger partial charge in [-0.05, 0) is 92.3 Å². The molecule has 1 N–H and O–H groups in total. The van der Waals surface area contributed by atoms with Gasteiger partial charge in [-0.2, -0.15) is 11.8 Å². The number of hydrogen-bond acceptors (Lipinski definition) is 3. The lowest BCUT2D eigenvalue weighted by Crippen LogP contribution is -2.27. The van der Waals surface area contributed by atoms with Crippen LogP contribution in [0.2, 0.25) is 0 Å². The van der Waals surface area contributed by atoms with E-state index in [0.717, 1.165) is 32.1 Å². The van der Waals surface area contributed by atoms with Gasteiger partial charge in [0.2, 0.25) is 0 Å². The maximum Gasteiger partial charge on any atom is 0.303 e. The molecule has 0 spiro atoms. The van der Waals surface area contributed by atoms with Gasteiger partial charge in [0.1, 0.15) is 0 Å². The number of ether oxygens (including phenoxy) is 1. The van der Waals surface area contributed by atoms with E-state index in [1.807, 2.05) is 0 Å². The molecule has 0 unspecified atom stereocenters. The maximum atomic E-state index is 10.6. The molecule has 2 aliphatic rings. The number of aliphatic carboxylic acids is 1. The third-order valence-corrected chi connectivity index (χ3v) is 8.03. The fraction of sp³-hybridized carbons (Fsp3) is 0.607. The molecule has 3 rings (SSSR count). The van der Waals surface area contributed by atoms with Crippen molar-refractivity contribution in [2.24, 2.45) is 11.8 Å². The summed E-state index contributed by atoms with van der Waals surface area (Å²) in [5.74, 6) is 3.13. The Balaban J connectivity index is 1.32. The summed E-state index contributed by atoms with van der Waals surface area (Å²) < 4.78 is 6.25. The molecule has 2 fully saturated rings. The van der Waals surface area contributed by atoms with Crippen molar-refractivity contribution in [3.63, 3.8) is 0 Å². The predicted molar refractivity (Wildman–Crippen MR) is 136 cm³/mol. The van der Waals surface area contributed by atoms with Crippen LogP contribution >= 0.6 is 11.8 Å². The highest BCUT2D eigenvalue weighted by molar-refractivity contribution is 7.99. The van der Waals surface area contributed by atoms with Crippen LogP contribution in [0.1, 0.15) is 76.7 Å². The minimum absolute atomic E-state index is 0.267. The zero-order valence-electron chi connectivity index (χ0n) is 19.6. The second kappa shape index (κ2) is 13.9. The number of carboxylic acids is 1. The lowest BCUT2D eigenvalue weighted by Gasteiger charge is -2.27. The Bertz CT molecular complexity index is 742. The molecule has 2 aliphatic heterocycles. The van der Waals surface area contributed by atoms with Crippen LogP contribution in [0.3, 0.4) is 0 Å². The first-order chi connectivity index (χ1) is 15.7. The molecule has 1 aromatic rings. The van der Waals surface area contributed by atoms with Gasteiger partial charge in [0, 0.05) is 6.42 Å². The Hall–Kier alpha value is -1.52. The van der Waals surface area contributed by atoms with Gasteiger partial charge in [0.25, 0.3) is 0 Å². The van der Waals surface area contributed by atoms with Gasteiger partial charge in [0.05, 0.1) is 12.2 Å². The fourth-order valence-corrected chi connectivity index (χ4v) is 6.25. The van der Waals surface area contributed by atoms with Crippen LogP contribution in [0, 0.1) is 11.8 Å².